The first-order valence-electron chi connectivity index (χ1n) is 8.20. The van der Waals surface area contributed by atoms with Gasteiger partial charge in [0.05, 0.1) is 6.26 Å². The number of rotatable bonds is 9. The van der Waals surface area contributed by atoms with Crippen LogP contribution >= 0.6 is 0 Å². The molecule has 0 aromatic carbocycles. The molecule has 1 unspecified atom stereocenters. The van der Waals surface area contributed by atoms with Gasteiger partial charge in [0.2, 0.25) is 17.6 Å². The highest BCUT2D eigenvalue weighted by atomic mass is 16.5. The average molecular weight is 319 g/mol. The molecule has 0 bridgehead atoms. The standard InChI is InChI=1S/C17H25N3O3/c1-12(2)6-4-7-13(3)18-15(21)9-10-16-19-17(20-23-16)14-8-5-11-22-14/h5,8,11-13H,4,6-7,9-10H2,1-3H3,(H,18,21). The topological polar surface area (TPSA) is 81.2 Å². The second kappa shape index (κ2) is 8.50. The van der Waals surface area contributed by atoms with E-state index >= 15 is 0 Å². The van der Waals surface area contributed by atoms with Gasteiger partial charge in [-0.05, 0) is 31.4 Å². The third-order valence-corrected chi connectivity index (χ3v) is 3.60. The van der Waals surface area contributed by atoms with Crippen LogP contribution in [0.2, 0.25) is 0 Å². The van der Waals surface area contributed by atoms with E-state index in [0.717, 1.165) is 12.8 Å². The van der Waals surface area contributed by atoms with Crippen LogP contribution in [0.4, 0.5) is 0 Å². The minimum atomic E-state index is 0.0137. The molecular weight excluding hydrogens is 294 g/mol. The molecule has 1 N–H and O–H groups in total. The Labute approximate surface area is 136 Å². The summed E-state index contributed by atoms with van der Waals surface area (Å²) in [5.41, 5.74) is 0. The molecule has 2 rings (SSSR count). The van der Waals surface area contributed by atoms with Crippen LogP contribution in [0.15, 0.2) is 27.3 Å². The molecule has 23 heavy (non-hydrogen) atoms. The zero-order chi connectivity index (χ0) is 16.7. The molecule has 0 aliphatic rings. The number of nitrogens with one attached hydrogen (secondary N) is 1. The lowest BCUT2D eigenvalue weighted by Gasteiger charge is -2.14. The molecule has 0 fully saturated rings. The fourth-order valence-corrected chi connectivity index (χ4v) is 2.33. The van der Waals surface area contributed by atoms with E-state index in [2.05, 4.69) is 29.3 Å². The minimum Gasteiger partial charge on any atom is -0.461 e. The number of carbonyl (C=O) groups excluding carboxylic acids is 1. The van der Waals surface area contributed by atoms with Gasteiger partial charge in [-0.3, -0.25) is 4.79 Å². The fourth-order valence-electron chi connectivity index (χ4n) is 2.33. The van der Waals surface area contributed by atoms with Crippen LogP contribution in [0.3, 0.4) is 0 Å². The molecule has 0 saturated heterocycles. The summed E-state index contributed by atoms with van der Waals surface area (Å²) >= 11 is 0. The number of carbonyl (C=O) groups is 1. The van der Waals surface area contributed by atoms with Crippen molar-refractivity contribution in [2.24, 2.45) is 5.92 Å². The number of aryl methyl sites for hydroxylation is 1. The number of hydrogen-bond donors (Lipinski definition) is 1. The van der Waals surface area contributed by atoms with Crippen LogP contribution in [0.25, 0.3) is 11.6 Å². The lowest BCUT2D eigenvalue weighted by Crippen LogP contribution is -2.32. The highest BCUT2D eigenvalue weighted by Gasteiger charge is 2.13. The van der Waals surface area contributed by atoms with E-state index in [1.165, 1.54) is 6.42 Å². The van der Waals surface area contributed by atoms with E-state index in [-0.39, 0.29) is 11.9 Å². The van der Waals surface area contributed by atoms with Crippen LogP contribution in [0.1, 0.15) is 52.3 Å². The van der Waals surface area contributed by atoms with Gasteiger partial charge in [-0.2, -0.15) is 4.98 Å². The van der Waals surface area contributed by atoms with Crippen molar-refractivity contribution < 1.29 is 13.7 Å². The monoisotopic (exact) mass is 319 g/mol. The Balaban J connectivity index is 1.70. The van der Waals surface area contributed by atoms with E-state index < -0.39 is 0 Å². The SMILES string of the molecule is CC(C)CCCC(C)NC(=O)CCc1nc(-c2ccco2)no1. The number of nitrogens with zero attached hydrogens (tertiary/aromatic N) is 2. The van der Waals surface area contributed by atoms with Gasteiger partial charge in [0.1, 0.15) is 0 Å². The molecule has 0 radical (unpaired) electrons. The highest BCUT2D eigenvalue weighted by Crippen LogP contribution is 2.16. The summed E-state index contributed by atoms with van der Waals surface area (Å²) < 4.78 is 10.3. The van der Waals surface area contributed by atoms with Gasteiger partial charge < -0.3 is 14.3 Å². The Morgan fingerprint density at radius 1 is 1.30 bits per heavy atom. The third-order valence-electron chi connectivity index (χ3n) is 3.60. The predicted molar refractivity (Wildman–Crippen MR) is 86.6 cm³/mol. The van der Waals surface area contributed by atoms with Crippen LogP contribution < -0.4 is 5.32 Å². The maximum atomic E-state index is 11.9. The maximum Gasteiger partial charge on any atom is 0.238 e. The molecule has 2 aromatic rings. The largest absolute Gasteiger partial charge is 0.461 e. The lowest BCUT2D eigenvalue weighted by atomic mass is 10.0. The number of amides is 1. The van der Waals surface area contributed by atoms with Crippen molar-refractivity contribution in [2.75, 3.05) is 0 Å². The first kappa shape index (κ1) is 17.2. The summed E-state index contributed by atoms with van der Waals surface area (Å²) in [5.74, 6) is 2.13. The summed E-state index contributed by atoms with van der Waals surface area (Å²) in [6.07, 6.45) is 5.66. The van der Waals surface area contributed by atoms with Gasteiger partial charge in [0, 0.05) is 18.9 Å². The molecule has 6 heteroatoms. The molecule has 1 atom stereocenters. The number of aromatic nitrogens is 2. The van der Waals surface area contributed by atoms with E-state index in [1.54, 1.807) is 18.4 Å². The molecule has 6 nitrogen and oxygen atoms in total. The van der Waals surface area contributed by atoms with Gasteiger partial charge >= 0.3 is 0 Å². The molecule has 0 aliphatic heterocycles. The van der Waals surface area contributed by atoms with Crippen molar-refractivity contribution in [3.8, 4) is 11.6 Å². The molecule has 0 saturated carbocycles. The van der Waals surface area contributed by atoms with Crippen molar-refractivity contribution in [2.45, 2.75) is 58.9 Å². The van der Waals surface area contributed by atoms with Gasteiger partial charge in [0.15, 0.2) is 5.76 Å². The van der Waals surface area contributed by atoms with Crippen molar-refractivity contribution >= 4 is 5.91 Å². The second-order valence-electron chi connectivity index (χ2n) is 6.28. The first-order valence-corrected chi connectivity index (χ1v) is 8.20. The summed E-state index contributed by atoms with van der Waals surface area (Å²) in [6.45, 7) is 6.47. The average Bonchev–Trinajstić information content (AvgIpc) is 3.15. The fraction of sp³-hybridized carbons (Fsp3) is 0.588. The normalized spacial score (nSPS) is 12.5. The Morgan fingerprint density at radius 3 is 2.83 bits per heavy atom. The molecule has 126 valence electrons. The smallest absolute Gasteiger partial charge is 0.238 e. The minimum absolute atomic E-state index is 0.0137. The van der Waals surface area contributed by atoms with E-state index in [9.17, 15) is 4.79 Å². The van der Waals surface area contributed by atoms with Crippen LogP contribution in [-0.4, -0.2) is 22.1 Å². The zero-order valence-electron chi connectivity index (χ0n) is 14.0. The van der Waals surface area contributed by atoms with E-state index in [0.29, 0.717) is 36.2 Å². The first-order chi connectivity index (χ1) is 11.0. The second-order valence-corrected chi connectivity index (χ2v) is 6.28. The summed E-state index contributed by atoms with van der Waals surface area (Å²) in [5, 5.41) is 6.85. The van der Waals surface area contributed by atoms with Crippen molar-refractivity contribution in [3.63, 3.8) is 0 Å². The van der Waals surface area contributed by atoms with Crippen LogP contribution in [0.5, 0.6) is 0 Å². The van der Waals surface area contributed by atoms with Crippen molar-refractivity contribution in [1.82, 2.24) is 15.5 Å². The Bertz CT molecular complexity index is 590. The molecular formula is C17H25N3O3. The maximum absolute atomic E-state index is 11.9. The number of hydrogen-bond acceptors (Lipinski definition) is 5. The molecule has 1 amide bonds. The third kappa shape index (κ3) is 5.88. The molecule has 2 aromatic heterocycles. The van der Waals surface area contributed by atoms with Crippen LogP contribution in [-0.2, 0) is 11.2 Å². The van der Waals surface area contributed by atoms with Crippen molar-refractivity contribution in [3.05, 3.63) is 24.3 Å². The molecule has 0 aliphatic carbocycles. The quantitative estimate of drug-likeness (QED) is 0.764. The predicted octanol–water partition coefficient (Wildman–Crippen LogP) is 3.59. The molecule has 0 spiro atoms. The number of furan rings is 1. The lowest BCUT2D eigenvalue weighted by molar-refractivity contribution is -0.121. The van der Waals surface area contributed by atoms with E-state index in [1.807, 2.05) is 6.92 Å². The summed E-state index contributed by atoms with van der Waals surface area (Å²) in [7, 11) is 0. The van der Waals surface area contributed by atoms with Gasteiger partial charge in [-0.25, -0.2) is 0 Å². The Kier molecular flexibility index (Phi) is 6.38. The Morgan fingerprint density at radius 2 is 2.13 bits per heavy atom. The van der Waals surface area contributed by atoms with E-state index in [4.69, 9.17) is 8.94 Å². The summed E-state index contributed by atoms with van der Waals surface area (Å²) in [4.78, 5) is 16.2. The van der Waals surface area contributed by atoms with Gasteiger partial charge in [0.25, 0.3) is 0 Å². The van der Waals surface area contributed by atoms with Crippen molar-refractivity contribution in [1.29, 1.82) is 0 Å². The highest BCUT2D eigenvalue weighted by molar-refractivity contribution is 5.76. The van der Waals surface area contributed by atoms with Crippen LogP contribution in [0, 0.1) is 5.92 Å². The zero-order valence-corrected chi connectivity index (χ0v) is 14.0. The Hall–Kier alpha value is -2.11. The van der Waals surface area contributed by atoms with Gasteiger partial charge in [-0.15, -0.1) is 0 Å². The van der Waals surface area contributed by atoms with Gasteiger partial charge in [-0.1, -0.05) is 31.8 Å². The molecule has 2 heterocycles. The summed E-state index contributed by atoms with van der Waals surface area (Å²) in [6, 6.07) is 3.72.